The van der Waals surface area contributed by atoms with E-state index in [0.29, 0.717) is 31.5 Å². The van der Waals surface area contributed by atoms with Crippen LogP contribution in [0, 0.1) is 6.92 Å². The lowest BCUT2D eigenvalue weighted by molar-refractivity contribution is 0.572. The molecule has 0 amide bonds. The summed E-state index contributed by atoms with van der Waals surface area (Å²) in [4.78, 5) is 13.4. The summed E-state index contributed by atoms with van der Waals surface area (Å²) in [5.41, 5.74) is 3.97. The van der Waals surface area contributed by atoms with Gasteiger partial charge in [0, 0.05) is 31.1 Å². The van der Waals surface area contributed by atoms with E-state index in [2.05, 4.69) is 50.0 Å². The highest BCUT2D eigenvalue weighted by Crippen LogP contribution is 2.19. The first-order valence-electron chi connectivity index (χ1n) is 10.3. The third-order valence-corrected chi connectivity index (χ3v) is 4.83. The Bertz CT molecular complexity index is 1170. The number of para-hydroxylation sites is 1. The van der Waals surface area contributed by atoms with Crippen LogP contribution in [-0.2, 0) is 6.54 Å². The van der Waals surface area contributed by atoms with Gasteiger partial charge in [-0.2, -0.15) is 0 Å². The van der Waals surface area contributed by atoms with Crippen molar-refractivity contribution in [1.82, 2.24) is 20.6 Å². The SMILES string of the molecule is CN=C(NCCNc1ccc2ccccc2n1)NCc1coc(-c2ccc(C)cc2)n1.I. The minimum Gasteiger partial charge on any atom is -0.444 e. The Morgan fingerprint density at radius 3 is 2.56 bits per heavy atom. The molecular weight excluding hydrogens is 515 g/mol. The molecule has 4 aromatic rings. The maximum atomic E-state index is 5.61. The van der Waals surface area contributed by atoms with Crippen molar-refractivity contribution in [1.29, 1.82) is 0 Å². The van der Waals surface area contributed by atoms with Crippen LogP contribution >= 0.6 is 24.0 Å². The second-order valence-corrected chi connectivity index (χ2v) is 7.18. The molecule has 0 atom stereocenters. The number of hydrogen-bond donors (Lipinski definition) is 3. The third-order valence-electron chi connectivity index (χ3n) is 4.83. The maximum absolute atomic E-state index is 5.61. The Morgan fingerprint density at radius 1 is 0.938 bits per heavy atom. The van der Waals surface area contributed by atoms with E-state index in [1.807, 2.05) is 48.5 Å². The Morgan fingerprint density at radius 2 is 1.75 bits per heavy atom. The average molecular weight is 542 g/mol. The van der Waals surface area contributed by atoms with Crippen molar-refractivity contribution in [3.05, 3.63) is 78.2 Å². The zero-order valence-corrected chi connectivity index (χ0v) is 20.5. The van der Waals surface area contributed by atoms with Crippen LogP contribution in [0.25, 0.3) is 22.4 Å². The Balaban J connectivity index is 0.00000289. The summed E-state index contributed by atoms with van der Waals surface area (Å²) < 4.78 is 5.61. The summed E-state index contributed by atoms with van der Waals surface area (Å²) >= 11 is 0. The van der Waals surface area contributed by atoms with Gasteiger partial charge in [0.05, 0.1) is 17.8 Å². The van der Waals surface area contributed by atoms with E-state index in [9.17, 15) is 0 Å². The second kappa shape index (κ2) is 11.5. The highest BCUT2D eigenvalue weighted by molar-refractivity contribution is 14.0. The number of halogens is 1. The first kappa shape index (κ1) is 23.5. The van der Waals surface area contributed by atoms with Gasteiger partial charge in [-0.25, -0.2) is 9.97 Å². The molecule has 8 heteroatoms. The summed E-state index contributed by atoms with van der Waals surface area (Å²) in [5, 5.41) is 11.0. The molecule has 7 nitrogen and oxygen atoms in total. The van der Waals surface area contributed by atoms with E-state index in [1.54, 1.807) is 13.3 Å². The number of guanidine groups is 1. The average Bonchev–Trinajstić information content (AvgIpc) is 3.28. The highest BCUT2D eigenvalue weighted by Gasteiger charge is 2.07. The van der Waals surface area contributed by atoms with Gasteiger partial charge in [-0.1, -0.05) is 35.9 Å². The molecule has 3 N–H and O–H groups in total. The molecule has 0 radical (unpaired) electrons. The topological polar surface area (TPSA) is 87.4 Å². The normalized spacial score (nSPS) is 11.1. The molecule has 0 bridgehead atoms. The lowest BCUT2D eigenvalue weighted by atomic mass is 10.1. The quantitative estimate of drug-likeness (QED) is 0.137. The molecule has 0 fully saturated rings. The second-order valence-electron chi connectivity index (χ2n) is 7.18. The molecule has 4 rings (SSSR count). The smallest absolute Gasteiger partial charge is 0.226 e. The first-order chi connectivity index (χ1) is 15.2. The molecule has 0 aliphatic rings. The largest absolute Gasteiger partial charge is 0.444 e. The van der Waals surface area contributed by atoms with Gasteiger partial charge in [-0.3, -0.25) is 4.99 Å². The number of oxazole rings is 1. The van der Waals surface area contributed by atoms with Crippen LogP contribution in [0.3, 0.4) is 0 Å². The Labute approximate surface area is 204 Å². The highest BCUT2D eigenvalue weighted by atomic mass is 127. The molecule has 0 saturated heterocycles. The summed E-state index contributed by atoms with van der Waals surface area (Å²) in [6, 6.07) is 20.3. The minimum atomic E-state index is 0. The molecule has 0 aliphatic carbocycles. The molecule has 32 heavy (non-hydrogen) atoms. The van der Waals surface area contributed by atoms with Crippen LogP contribution in [0.5, 0.6) is 0 Å². The van der Waals surface area contributed by atoms with Crippen LogP contribution in [0.2, 0.25) is 0 Å². The third kappa shape index (κ3) is 6.19. The van der Waals surface area contributed by atoms with E-state index in [-0.39, 0.29) is 24.0 Å². The van der Waals surface area contributed by atoms with Gasteiger partial charge >= 0.3 is 0 Å². The molecule has 0 unspecified atom stereocenters. The zero-order valence-electron chi connectivity index (χ0n) is 18.1. The number of rotatable bonds is 7. The number of benzene rings is 2. The Kier molecular flexibility index (Phi) is 8.43. The van der Waals surface area contributed by atoms with Crippen molar-refractivity contribution in [2.75, 3.05) is 25.5 Å². The fourth-order valence-corrected chi connectivity index (χ4v) is 3.15. The lowest BCUT2D eigenvalue weighted by Crippen LogP contribution is -2.39. The number of hydrogen-bond acceptors (Lipinski definition) is 5. The van der Waals surface area contributed by atoms with Gasteiger partial charge in [0.2, 0.25) is 5.89 Å². The van der Waals surface area contributed by atoms with Gasteiger partial charge < -0.3 is 20.4 Å². The number of anilines is 1. The molecule has 0 spiro atoms. The number of aromatic nitrogens is 2. The van der Waals surface area contributed by atoms with E-state index < -0.39 is 0 Å². The monoisotopic (exact) mass is 542 g/mol. The fraction of sp³-hybridized carbons (Fsp3) is 0.208. The van der Waals surface area contributed by atoms with Crippen LogP contribution in [0.15, 0.2) is 76.3 Å². The zero-order chi connectivity index (χ0) is 21.5. The maximum Gasteiger partial charge on any atom is 0.226 e. The summed E-state index contributed by atoms with van der Waals surface area (Å²) in [7, 11) is 1.74. The standard InChI is InChI=1S/C24H26N6O.HI/c1-17-7-9-19(10-8-17)23-29-20(16-31-23)15-28-24(25-2)27-14-13-26-22-12-11-18-5-3-4-6-21(18)30-22;/h3-12,16H,13-15H2,1-2H3,(H,26,30)(H2,25,27,28);1H. The summed E-state index contributed by atoms with van der Waals surface area (Å²) in [6.45, 7) is 3.99. The number of aryl methyl sites for hydroxylation is 1. The number of aliphatic imine (C=N–C) groups is 1. The molecule has 2 aromatic carbocycles. The van der Waals surface area contributed by atoms with Crippen molar-refractivity contribution in [3.8, 4) is 11.5 Å². The van der Waals surface area contributed by atoms with Crippen LogP contribution in [0.4, 0.5) is 5.82 Å². The minimum absolute atomic E-state index is 0. The van der Waals surface area contributed by atoms with Gasteiger partial charge in [0.25, 0.3) is 0 Å². The van der Waals surface area contributed by atoms with Crippen molar-refractivity contribution < 1.29 is 4.42 Å². The summed E-state index contributed by atoms with van der Waals surface area (Å²) in [5.74, 6) is 2.18. The molecule has 0 aliphatic heterocycles. The van der Waals surface area contributed by atoms with Gasteiger partial charge in [-0.05, 0) is 37.3 Å². The number of nitrogens with zero attached hydrogens (tertiary/aromatic N) is 3. The predicted octanol–water partition coefficient (Wildman–Crippen LogP) is 4.59. The molecular formula is C24H27IN6O. The lowest BCUT2D eigenvalue weighted by Gasteiger charge is -2.12. The molecule has 2 heterocycles. The molecule has 2 aromatic heterocycles. The summed E-state index contributed by atoms with van der Waals surface area (Å²) in [6.07, 6.45) is 1.67. The van der Waals surface area contributed by atoms with E-state index in [4.69, 9.17) is 4.42 Å². The number of nitrogens with one attached hydrogen (secondary N) is 3. The Hall–Kier alpha value is -3.14. The number of fused-ring (bicyclic) bond motifs is 1. The van der Waals surface area contributed by atoms with Crippen molar-refractivity contribution >= 4 is 46.7 Å². The fourth-order valence-electron chi connectivity index (χ4n) is 3.15. The van der Waals surface area contributed by atoms with Gasteiger partial charge in [-0.15, -0.1) is 24.0 Å². The molecule has 0 saturated carbocycles. The number of pyridine rings is 1. The van der Waals surface area contributed by atoms with Crippen molar-refractivity contribution in [2.45, 2.75) is 13.5 Å². The van der Waals surface area contributed by atoms with Gasteiger partial charge in [0.1, 0.15) is 12.1 Å². The first-order valence-corrected chi connectivity index (χ1v) is 10.3. The van der Waals surface area contributed by atoms with Crippen LogP contribution in [-0.4, -0.2) is 36.1 Å². The van der Waals surface area contributed by atoms with E-state index in [1.165, 1.54) is 5.56 Å². The van der Waals surface area contributed by atoms with E-state index >= 15 is 0 Å². The van der Waals surface area contributed by atoms with Gasteiger partial charge in [0.15, 0.2) is 5.96 Å². The van der Waals surface area contributed by atoms with Crippen molar-refractivity contribution in [3.63, 3.8) is 0 Å². The van der Waals surface area contributed by atoms with Crippen molar-refractivity contribution in [2.24, 2.45) is 4.99 Å². The van der Waals surface area contributed by atoms with Crippen LogP contribution < -0.4 is 16.0 Å². The molecule has 166 valence electrons. The van der Waals surface area contributed by atoms with Crippen LogP contribution in [0.1, 0.15) is 11.3 Å². The predicted molar refractivity (Wildman–Crippen MR) is 141 cm³/mol. The van der Waals surface area contributed by atoms with E-state index in [0.717, 1.165) is 28.0 Å².